The molecule has 3 aromatic rings. The summed E-state index contributed by atoms with van der Waals surface area (Å²) in [6.07, 6.45) is 0. The van der Waals surface area contributed by atoms with E-state index < -0.39 is 0 Å². The van der Waals surface area contributed by atoms with Crippen molar-refractivity contribution in [2.75, 3.05) is 5.73 Å². The van der Waals surface area contributed by atoms with Gasteiger partial charge in [-0.1, -0.05) is 27.2 Å². The minimum Gasteiger partial charge on any atom is -0.397 e. The zero-order valence-electron chi connectivity index (χ0n) is 10.2. The fraction of sp³-hybridized carbons (Fsp3) is 0. The van der Waals surface area contributed by atoms with Crippen molar-refractivity contribution >= 4 is 37.5 Å². The van der Waals surface area contributed by atoms with E-state index in [1.54, 1.807) is 0 Å². The Morgan fingerprint density at radius 3 is 2.50 bits per heavy atom. The first kappa shape index (κ1) is 13.3. The molecule has 2 N–H and O–H groups in total. The van der Waals surface area contributed by atoms with Crippen LogP contribution in [0.5, 0.6) is 0 Å². The maximum atomic E-state index is 6.00. The fourth-order valence-electron chi connectivity index (χ4n) is 1.77. The van der Waals surface area contributed by atoms with Crippen LogP contribution in [-0.2, 0) is 0 Å². The lowest BCUT2D eigenvalue weighted by molar-refractivity contribution is 0.432. The molecule has 0 aliphatic carbocycles. The average molecular weight is 395 g/mol. The van der Waals surface area contributed by atoms with Gasteiger partial charge in [0.1, 0.15) is 0 Å². The number of nitrogen functional groups attached to an aromatic ring is 1. The molecule has 1 heterocycles. The fourth-order valence-corrected chi connectivity index (χ4v) is 2.40. The van der Waals surface area contributed by atoms with Crippen molar-refractivity contribution in [3.63, 3.8) is 0 Å². The summed E-state index contributed by atoms with van der Waals surface area (Å²) in [5, 5.41) is 3.99. The molecule has 0 radical (unpaired) electrons. The van der Waals surface area contributed by atoms with Crippen LogP contribution < -0.4 is 5.73 Å². The Hall–Kier alpha value is -1.66. The molecule has 0 aliphatic heterocycles. The number of nitrogens with zero attached hydrogens (tertiary/aromatic N) is 2. The van der Waals surface area contributed by atoms with Gasteiger partial charge in [0.2, 0.25) is 5.82 Å². The van der Waals surface area contributed by atoms with Crippen LogP contribution in [0.4, 0.5) is 5.69 Å². The third-order valence-corrected chi connectivity index (χ3v) is 4.03. The van der Waals surface area contributed by atoms with Gasteiger partial charge in [-0.05, 0) is 52.3 Å². The van der Waals surface area contributed by atoms with Gasteiger partial charge in [0.05, 0.1) is 11.3 Å². The predicted octanol–water partition coefficient (Wildman–Crippen LogP) is 4.51. The van der Waals surface area contributed by atoms with Crippen LogP contribution in [0.15, 0.2) is 55.9 Å². The highest BCUT2D eigenvalue weighted by molar-refractivity contribution is 9.10. The molecule has 1 aromatic heterocycles. The van der Waals surface area contributed by atoms with Gasteiger partial charge in [-0.15, -0.1) is 0 Å². The molecule has 0 spiro atoms. The van der Waals surface area contributed by atoms with Gasteiger partial charge in [-0.25, -0.2) is 0 Å². The summed E-state index contributed by atoms with van der Waals surface area (Å²) >= 11 is 6.77. The van der Waals surface area contributed by atoms with Crippen LogP contribution in [0.3, 0.4) is 0 Å². The number of hydrogen-bond donors (Lipinski definition) is 1. The Morgan fingerprint density at radius 2 is 1.75 bits per heavy atom. The number of benzene rings is 2. The molecule has 3 rings (SSSR count). The average Bonchev–Trinajstić information content (AvgIpc) is 2.92. The van der Waals surface area contributed by atoms with E-state index >= 15 is 0 Å². The summed E-state index contributed by atoms with van der Waals surface area (Å²) in [4.78, 5) is 4.39. The monoisotopic (exact) mass is 393 g/mol. The van der Waals surface area contributed by atoms with Gasteiger partial charge < -0.3 is 10.3 Å². The number of hydrogen-bond acceptors (Lipinski definition) is 4. The second-order valence-electron chi connectivity index (χ2n) is 4.13. The van der Waals surface area contributed by atoms with E-state index in [9.17, 15) is 0 Å². The van der Waals surface area contributed by atoms with E-state index in [4.69, 9.17) is 10.3 Å². The molecule has 6 heteroatoms. The second-order valence-corrected chi connectivity index (χ2v) is 5.90. The first-order valence-corrected chi connectivity index (χ1v) is 7.38. The zero-order chi connectivity index (χ0) is 14.1. The van der Waals surface area contributed by atoms with E-state index in [2.05, 4.69) is 42.0 Å². The molecule has 4 nitrogen and oxygen atoms in total. The first-order valence-electron chi connectivity index (χ1n) is 5.79. The maximum absolute atomic E-state index is 6.00. The summed E-state index contributed by atoms with van der Waals surface area (Å²) in [7, 11) is 0. The van der Waals surface area contributed by atoms with Crippen LogP contribution in [0.25, 0.3) is 22.8 Å². The molecule has 0 fully saturated rings. The van der Waals surface area contributed by atoms with Crippen LogP contribution in [0, 0.1) is 0 Å². The Balaban J connectivity index is 2.02. The molecule has 0 saturated heterocycles. The van der Waals surface area contributed by atoms with E-state index in [0.717, 1.165) is 20.1 Å². The van der Waals surface area contributed by atoms with Gasteiger partial charge >= 0.3 is 0 Å². The summed E-state index contributed by atoms with van der Waals surface area (Å²) in [5.74, 6) is 0.939. The number of nitrogens with two attached hydrogens (primary N) is 1. The first-order chi connectivity index (χ1) is 9.65. The van der Waals surface area contributed by atoms with Crippen LogP contribution >= 0.6 is 31.9 Å². The van der Waals surface area contributed by atoms with Crippen LogP contribution in [-0.4, -0.2) is 10.1 Å². The van der Waals surface area contributed by atoms with Gasteiger partial charge in [0.25, 0.3) is 5.89 Å². The number of halogens is 2. The smallest absolute Gasteiger partial charge is 0.260 e. The van der Waals surface area contributed by atoms with Crippen molar-refractivity contribution in [2.45, 2.75) is 0 Å². The summed E-state index contributed by atoms with van der Waals surface area (Å²) in [6.45, 7) is 0. The third kappa shape index (κ3) is 2.48. The lowest BCUT2D eigenvalue weighted by Crippen LogP contribution is -1.91. The second kappa shape index (κ2) is 5.38. The van der Waals surface area contributed by atoms with Crippen molar-refractivity contribution < 1.29 is 4.52 Å². The third-order valence-electron chi connectivity index (χ3n) is 2.81. The summed E-state index contributed by atoms with van der Waals surface area (Å²) < 4.78 is 7.10. The number of para-hydroxylation sites is 1. The van der Waals surface area contributed by atoms with E-state index in [-0.39, 0.29) is 0 Å². The SMILES string of the molecule is Nc1c(Br)cccc1-c1nc(-c2ccc(Br)cc2)no1. The van der Waals surface area contributed by atoms with E-state index in [1.807, 2.05) is 42.5 Å². The Kier molecular flexibility index (Phi) is 3.58. The Bertz CT molecular complexity index is 753. The molecule has 0 bridgehead atoms. The van der Waals surface area contributed by atoms with Crippen molar-refractivity contribution in [1.82, 2.24) is 10.1 Å². The Morgan fingerprint density at radius 1 is 1.00 bits per heavy atom. The summed E-state index contributed by atoms with van der Waals surface area (Å²) in [6, 6.07) is 13.3. The normalized spacial score (nSPS) is 10.7. The highest BCUT2D eigenvalue weighted by Crippen LogP contribution is 2.31. The van der Waals surface area contributed by atoms with E-state index in [1.165, 1.54) is 0 Å². The predicted molar refractivity (Wildman–Crippen MR) is 85.0 cm³/mol. The topological polar surface area (TPSA) is 64.9 Å². The minimum absolute atomic E-state index is 0.404. The molecule has 0 saturated carbocycles. The van der Waals surface area contributed by atoms with Crippen LogP contribution in [0.2, 0.25) is 0 Å². The highest BCUT2D eigenvalue weighted by Gasteiger charge is 2.14. The highest BCUT2D eigenvalue weighted by atomic mass is 79.9. The molecule has 20 heavy (non-hydrogen) atoms. The molecule has 0 unspecified atom stereocenters. The Labute approximate surface area is 132 Å². The van der Waals surface area contributed by atoms with Gasteiger partial charge in [0.15, 0.2) is 0 Å². The molecular weight excluding hydrogens is 386 g/mol. The number of aromatic nitrogens is 2. The minimum atomic E-state index is 0.404. The molecule has 100 valence electrons. The number of rotatable bonds is 2. The quantitative estimate of drug-likeness (QED) is 0.649. The largest absolute Gasteiger partial charge is 0.397 e. The van der Waals surface area contributed by atoms with Crippen molar-refractivity contribution in [3.8, 4) is 22.8 Å². The molecule has 0 atom stereocenters. The lowest BCUT2D eigenvalue weighted by Gasteiger charge is -2.01. The molecule has 0 aliphatic rings. The van der Waals surface area contributed by atoms with Crippen molar-refractivity contribution in [2.24, 2.45) is 0 Å². The summed E-state index contributed by atoms with van der Waals surface area (Å²) in [5.41, 5.74) is 8.19. The van der Waals surface area contributed by atoms with Crippen molar-refractivity contribution in [1.29, 1.82) is 0 Å². The van der Waals surface area contributed by atoms with Gasteiger partial charge in [-0.2, -0.15) is 4.98 Å². The van der Waals surface area contributed by atoms with Crippen molar-refractivity contribution in [3.05, 3.63) is 51.4 Å². The van der Waals surface area contributed by atoms with E-state index in [0.29, 0.717) is 17.4 Å². The molecule has 0 amide bonds. The zero-order valence-corrected chi connectivity index (χ0v) is 13.3. The number of anilines is 1. The standard InChI is InChI=1S/C14H9Br2N3O/c15-9-6-4-8(5-7-9)13-18-14(20-19-13)10-2-1-3-11(16)12(10)17/h1-7H,17H2. The van der Waals surface area contributed by atoms with Crippen LogP contribution in [0.1, 0.15) is 0 Å². The van der Waals surface area contributed by atoms with Gasteiger partial charge in [-0.3, -0.25) is 0 Å². The molecule has 2 aromatic carbocycles. The lowest BCUT2D eigenvalue weighted by atomic mass is 10.2. The molecular formula is C14H9Br2N3O. The van der Waals surface area contributed by atoms with Gasteiger partial charge in [0, 0.05) is 14.5 Å². The maximum Gasteiger partial charge on any atom is 0.260 e.